The normalized spacial score (nSPS) is 11.5. The van der Waals surface area contributed by atoms with E-state index in [1.807, 2.05) is 30.3 Å². The molecule has 4 nitrogen and oxygen atoms in total. The molecule has 0 spiro atoms. The lowest BCUT2D eigenvalue weighted by molar-refractivity contribution is 0.620. The van der Waals surface area contributed by atoms with Crippen molar-refractivity contribution in [3.05, 3.63) is 188 Å². The van der Waals surface area contributed by atoms with Gasteiger partial charge in [0, 0.05) is 38.8 Å². The molecule has 0 saturated carbocycles. The second-order valence-electron chi connectivity index (χ2n) is 12.8. The monoisotopic (exact) mass is 653 g/mol. The van der Waals surface area contributed by atoms with E-state index in [0.717, 1.165) is 61.3 Å². The van der Waals surface area contributed by atoms with E-state index < -0.39 is 0 Å². The van der Waals surface area contributed by atoms with Crippen LogP contribution in [0.2, 0.25) is 0 Å². The predicted molar refractivity (Wildman–Crippen MR) is 211 cm³/mol. The fourth-order valence-electron chi connectivity index (χ4n) is 7.54. The van der Waals surface area contributed by atoms with Crippen LogP contribution in [-0.2, 0) is 0 Å². The highest BCUT2D eigenvalue weighted by molar-refractivity contribution is 6.17. The quantitative estimate of drug-likeness (QED) is 0.179. The first-order valence-electron chi connectivity index (χ1n) is 17.2. The van der Waals surface area contributed by atoms with E-state index in [2.05, 4.69) is 167 Å². The molecule has 0 unspecified atom stereocenters. The predicted octanol–water partition coefficient (Wildman–Crippen LogP) is 12.9. The van der Waals surface area contributed by atoms with Gasteiger partial charge in [0.25, 0.3) is 0 Å². The molecule has 8 aromatic carbocycles. The van der Waals surface area contributed by atoms with Crippen molar-refractivity contribution in [2.75, 3.05) is 4.90 Å². The first-order chi connectivity index (χ1) is 25.3. The zero-order valence-electron chi connectivity index (χ0n) is 27.6. The van der Waals surface area contributed by atoms with Crippen LogP contribution in [0, 0.1) is 0 Å². The Morgan fingerprint density at radius 1 is 0.471 bits per heavy atom. The molecular formula is C47H31N3O. The molecule has 0 aliphatic heterocycles. The molecule has 0 radical (unpaired) electrons. The molecule has 4 heteroatoms. The lowest BCUT2D eigenvalue weighted by Gasteiger charge is -2.26. The molecular weight excluding hydrogens is 623 g/mol. The third-order valence-electron chi connectivity index (χ3n) is 9.80. The van der Waals surface area contributed by atoms with Crippen molar-refractivity contribution in [2.45, 2.75) is 0 Å². The minimum Gasteiger partial charge on any atom is -0.436 e. The van der Waals surface area contributed by atoms with Gasteiger partial charge in [-0.05, 0) is 89.3 Å². The Morgan fingerprint density at radius 2 is 1.08 bits per heavy atom. The number of rotatable bonds is 6. The van der Waals surface area contributed by atoms with Crippen molar-refractivity contribution in [3.63, 3.8) is 0 Å². The summed E-state index contributed by atoms with van der Waals surface area (Å²) in [4.78, 5) is 7.32. The van der Waals surface area contributed by atoms with Crippen LogP contribution in [0.3, 0.4) is 0 Å². The molecule has 240 valence electrons. The van der Waals surface area contributed by atoms with Crippen LogP contribution in [-0.4, -0.2) is 9.55 Å². The van der Waals surface area contributed by atoms with Gasteiger partial charge in [0.1, 0.15) is 5.52 Å². The average molecular weight is 654 g/mol. The van der Waals surface area contributed by atoms with Crippen molar-refractivity contribution in [1.29, 1.82) is 0 Å². The number of anilines is 3. The van der Waals surface area contributed by atoms with Gasteiger partial charge in [0.15, 0.2) is 5.58 Å². The Hall–Kier alpha value is -6.91. The molecule has 2 aromatic heterocycles. The topological polar surface area (TPSA) is 34.2 Å². The van der Waals surface area contributed by atoms with Gasteiger partial charge in [-0.1, -0.05) is 115 Å². The number of hydrogen-bond donors (Lipinski definition) is 0. The third kappa shape index (κ3) is 4.80. The molecule has 10 rings (SSSR count). The average Bonchev–Trinajstić information content (AvgIpc) is 3.80. The smallest absolute Gasteiger partial charge is 0.227 e. The molecule has 0 amide bonds. The Bertz CT molecular complexity index is 2840. The van der Waals surface area contributed by atoms with Crippen molar-refractivity contribution in [2.24, 2.45) is 0 Å². The molecule has 0 bridgehead atoms. The second kappa shape index (κ2) is 11.9. The van der Waals surface area contributed by atoms with Gasteiger partial charge in [0.05, 0.1) is 16.7 Å². The summed E-state index contributed by atoms with van der Waals surface area (Å²) in [6.45, 7) is 0. The van der Waals surface area contributed by atoms with E-state index in [9.17, 15) is 0 Å². The number of hydrogen-bond acceptors (Lipinski definition) is 3. The Kier molecular flexibility index (Phi) is 6.78. The molecule has 51 heavy (non-hydrogen) atoms. The highest BCUT2D eigenvalue weighted by Crippen LogP contribution is 2.44. The maximum atomic E-state index is 6.39. The van der Waals surface area contributed by atoms with Gasteiger partial charge in [-0.3, -0.25) is 0 Å². The first-order valence-corrected chi connectivity index (χ1v) is 17.2. The molecule has 2 heterocycles. The van der Waals surface area contributed by atoms with Gasteiger partial charge >= 0.3 is 0 Å². The lowest BCUT2D eigenvalue weighted by atomic mass is 9.97. The van der Waals surface area contributed by atoms with Crippen molar-refractivity contribution >= 4 is 60.7 Å². The largest absolute Gasteiger partial charge is 0.436 e. The van der Waals surface area contributed by atoms with E-state index in [1.165, 1.54) is 21.8 Å². The molecule has 0 fully saturated rings. The number of fused-ring (bicyclic) bond motifs is 6. The molecule has 0 aliphatic rings. The number of benzene rings is 8. The summed E-state index contributed by atoms with van der Waals surface area (Å²) >= 11 is 0. The summed E-state index contributed by atoms with van der Waals surface area (Å²) < 4.78 is 8.76. The van der Waals surface area contributed by atoms with Crippen LogP contribution in [0.4, 0.5) is 17.1 Å². The maximum absolute atomic E-state index is 6.39. The SMILES string of the molecule is c1ccc(-c2nc3c(cc(-c4ccc(N(c5ccccc5)c5cccc6c5c5ccccc5n6-c5ccccc5)cc4)c4ccccc43)o2)cc1. The van der Waals surface area contributed by atoms with Crippen LogP contribution in [0.1, 0.15) is 0 Å². The van der Waals surface area contributed by atoms with Crippen LogP contribution < -0.4 is 4.90 Å². The maximum Gasteiger partial charge on any atom is 0.227 e. The summed E-state index contributed by atoms with van der Waals surface area (Å²) in [5.74, 6) is 0.629. The zero-order chi connectivity index (χ0) is 33.7. The lowest BCUT2D eigenvalue weighted by Crippen LogP contribution is -2.10. The number of oxazole rings is 1. The fourth-order valence-corrected chi connectivity index (χ4v) is 7.54. The van der Waals surface area contributed by atoms with Crippen LogP contribution >= 0.6 is 0 Å². The Balaban J connectivity index is 1.15. The van der Waals surface area contributed by atoms with Crippen LogP contribution in [0.5, 0.6) is 0 Å². The summed E-state index contributed by atoms with van der Waals surface area (Å²) in [5.41, 5.74) is 11.6. The highest BCUT2D eigenvalue weighted by Gasteiger charge is 2.21. The summed E-state index contributed by atoms with van der Waals surface area (Å²) in [5, 5.41) is 4.64. The van der Waals surface area contributed by atoms with Crippen LogP contribution in [0.15, 0.2) is 192 Å². The Morgan fingerprint density at radius 3 is 1.84 bits per heavy atom. The minimum absolute atomic E-state index is 0.629. The molecule has 0 aliphatic carbocycles. The summed E-state index contributed by atoms with van der Waals surface area (Å²) in [7, 11) is 0. The van der Waals surface area contributed by atoms with Gasteiger partial charge in [-0.25, -0.2) is 4.98 Å². The van der Waals surface area contributed by atoms with E-state index in [0.29, 0.717) is 5.89 Å². The van der Waals surface area contributed by atoms with Crippen LogP contribution in [0.25, 0.3) is 71.9 Å². The number of aromatic nitrogens is 2. The van der Waals surface area contributed by atoms with Crippen molar-refractivity contribution in [3.8, 4) is 28.3 Å². The van der Waals surface area contributed by atoms with Gasteiger partial charge in [-0.15, -0.1) is 0 Å². The van der Waals surface area contributed by atoms with Gasteiger partial charge in [-0.2, -0.15) is 0 Å². The molecule has 0 saturated heterocycles. The second-order valence-corrected chi connectivity index (χ2v) is 12.8. The van der Waals surface area contributed by atoms with Crippen molar-refractivity contribution in [1.82, 2.24) is 9.55 Å². The standard InChI is InChI=1S/C47H31N3O/c1-4-15-33(16-5-1)47-48-46-38-22-11-10-21-37(38)40(31-44(46)51-47)32-27-29-36(30-28-32)49(34-17-6-2-7-18-34)42-25-14-26-43-45(42)39-23-12-13-24-41(39)50(43)35-19-8-3-9-20-35/h1-31H. The summed E-state index contributed by atoms with van der Waals surface area (Å²) in [6.07, 6.45) is 0. The van der Waals surface area contributed by atoms with E-state index in [-0.39, 0.29) is 0 Å². The number of para-hydroxylation sites is 3. The molecule has 10 aromatic rings. The fraction of sp³-hybridized carbons (Fsp3) is 0. The zero-order valence-corrected chi connectivity index (χ0v) is 27.6. The number of nitrogens with zero attached hydrogens (tertiary/aromatic N) is 3. The van der Waals surface area contributed by atoms with E-state index in [1.54, 1.807) is 0 Å². The first kappa shape index (κ1) is 29.0. The van der Waals surface area contributed by atoms with Gasteiger partial charge in [0.2, 0.25) is 5.89 Å². The highest BCUT2D eigenvalue weighted by atomic mass is 16.3. The molecule has 0 N–H and O–H groups in total. The van der Waals surface area contributed by atoms with E-state index >= 15 is 0 Å². The third-order valence-corrected chi connectivity index (χ3v) is 9.80. The van der Waals surface area contributed by atoms with Crippen molar-refractivity contribution < 1.29 is 4.42 Å². The van der Waals surface area contributed by atoms with Gasteiger partial charge < -0.3 is 13.9 Å². The molecule has 0 atom stereocenters. The van der Waals surface area contributed by atoms with E-state index in [4.69, 9.17) is 9.40 Å². The minimum atomic E-state index is 0.629. The summed E-state index contributed by atoms with van der Waals surface area (Å²) in [6, 6.07) is 66.2. The Labute approximate surface area is 295 Å².